The third kappa shape index (κ3) is 1.75. The Hall–Kier alpha value is -1.31. The van der Waals surface area contributed by atoms with Gasteiger partial charge in [0.15, 0.2) is 0 Å². The lowest BCUT2D eigenvalue weighted by Gasteiger charge is -2.42. The van der Waals surface area contributed by atoms with Gasteiger partial charge in [0.1, 0.15) is 0 Å². The highest BCUT2D eigenvalue weighted by Gasteiger charge is 2.70. The lowest BCUT2D eigenvalue weighted by atomic mass is 9.60. The monoisotopic (exact) mass is 267 g/mol. The Morgan fingerprint density at radius 2 is 2.00 bits per heavy atom. The molecule has 1 unspecified atom stereocenters. The van der Waals surface area contributed by atoms with E-state index in [1.165, 1.54) is 0 Å². The third-order valence-corrected chi connectivity index (χ3v) is 3.73. The predicted molar refractivity (Wildman–Crippen MR) is 51.6 cm³/mol. The molecule has 3 aliphatic rings. The summed E-state index contributed by atoms with van der Waals surface area (Å²) in [5.74, 6) is -3.04. The number of hydrogen-bond donors (Lipinski definition) is 2. The SMILES string of the molecule is CC1OC2(CNC(=O)C(F)(F)F)CC1(C(=O)O)C2. The van der Waals surface area contributed by atoms with Gasteiger partial charge in [-0.3, -0.25) is 9.59 Å². The number of carboxylic acids is 1. The van der Waals surface area contributed by atoms with Crippen LogP contribution in [0.1, 0.15) is 19.8 Å². The Kier molecular flexibility index (Phi) is 2.62. The minimum Gasteiger partial charge on any atom is -0.481 e. The van der Waals surface area contributed by atoms with E-state index in [0.29, 0.717) is 0 Å². The molecule has 18 heavy (non-hydrogen) atoms. The summed E-state index contributed by atoms with van der Waals surface area (Å²) in [6.07, 6.45) is -5.23. The van der Waals surface area contributed by atoms with Crippen LogP contribution in [0, 0.1) is 5.41 Å². The first kappa shape index (κ1) is 13.1. The number of alkyl halides is 3. The molecule has 0 radical (unpaired) electrons. The fourth-order valence-electron chi connectivity index (χ4n) is 2.79. The van der Waals surface area contributed by atoms with Crippen molar-refractivity contribution in [2.75, 3.05) is 6.54 Å². The highest BCUT2D eigenvalue weighted by Crippen LogP contribution is 2.61. The molecule has 1 atom stereocenters. The number of rotatable bonds is 3. The van der Waals surface area contributed by atoms with Crippen molar-refractivity contribution in [2.45, 2.75) is 37.6 Å². The summed E-state index contributed by atoms with van der Waals surface area (Å²) >= 11 is 0. The number of carboxylic acid groups (broad SMARTS) is 1. The van der Waals surface area contributed by atoms with Crippen LogP contribution in [-0.4, -0.2) is 41.4 Å². The topological polar surface area (TPSA) is 75.6 Å². The second kappa shape index (κ2) is 3.59. The van der Waals surface area contributed by atoms with E-state index in [4.69, 9.17) is 9.84 Å². The molecular formula is C10H12F3NO4. The molecule has 2 heterocycles. The van der Waals surface area contributed by atoms with Crippen LogP contribution in [0.3, 0.4) is 0 Å². The van der Waals surface area contributed by atoms with Gasteiger partial charge in [-0.2, -0.15) is 13.2 Å². The number of nitrogens with one attached hydrogen (secondary N) is 1. The van der Waals surface area contributed by atoms with Crippen molar-refractivity contribution in [3.63, 3.8) is 0 Å². The smallest absolute Gasteiger partial charge is 0.471 e. The van der Waals surface area contributed by atoms with Crippen molar-refractivity contribution >= 4 is 11.9 Å². The fraction of sp³-hybridized carbons (Fsp3) is 0.800. The molecule has 0 aromatic carbocycles. The largest absolute Gasteiger partial charge is 0.481 e. The molecule has 3 rings (SSSR count). The predicted octanol–water partition coefficient (Wildman–Crippen LogP) is 0.687. The summed E-state index contributed by atoms with van der Waals surface area (Å²) in [4.78, 5) is 21.7. The lowest BCUT2D eigenvalue weighted by molar-refractivity contribution is -0.175. The van der Waals surface area contributed by atoms with E-state index in [9.17, 15) is 22.8 Å². The van der Waals surface area contributed by atoms with E-state index in [2.05, 4.69) is 0 Å². The Balaban J connectivity index is 1.95. The number of fused-ring (bicyclic) bond motifs is 1. The normalized spacial score (nSPS) is 38.1. The molecule has 102 valence electrons. The van der Waals surface area contributed by atoms with Gasteiger partial charge in [-0.15, -0.1) is 0 Å². The first-order valence-electron chi connectivity index (χ1n) is 5.38. The van der Waals surface area contributed by atoms with Gasteiger partial charge in [0, 0.05) is 6.54 Å². The standard InChI is InChI=1S/C10H12F3NO4/c1-5-9(7(16)17)2-8(3-9,18-5)4-14-6(15)10(11,12)13/h5H,2-4H2,1H3,(H,14,15)(H,16,17). The van der Waals surface area contributed by atoms with E-state index in [-0.39, 0.29) is 19.4 Å². The quantitative estimate of drug-likeness (QED) is 0.788. The molecule has 0 aromatic heterocycles. The molecule has 1 amide bonds. The molecule has 8 heteroatoms. The van der Waals surface area contributed by atoms with Gasteiger partial charge in [0.25, 0.3) is 0 Å². The van der Waals surface area contributed by atoms with Gasteiger partial charge in [-0.1, -0.05) is 0 Å². The van der Waals surface area contributed by atoms with Crippen LogP contribution < -0.4 is 5.32 Å². The van der Waals surface area contributed by atoms with Crippen molar-refractivity contribution in [1.82, 2.24) is 5.32 Å². The van der Waals surface area contributed by atoms with Gasteiger partial charge in [0.05, 0.1) is 17.1 Å². The Morgan fingerprint density at radius 1 is 1.44 bits per heavy atom. The van der Waals surface area contributed by atoms with E-state index in [1.807, 2.05) is 0 Å². The number of halogens is 3. The highest BCUT2D eigenvalue weighted by atomic mass is 19.4. The number of ether oxygens (including phenoxy) is 1. The maximum atomic E-state index is 12.0. The van der Waals surface area contributed by atoms with Gasteiger partial charge in [-0.25, -0.2) is 0 Å². The summed E-state index contributed by atoms with van der Waals surface area (Å²) in [5, 5.41) is 10.8. The van der Waals surface area contributed by atoms with Crippen LogP contribution in [0.4, 0.5) is 13.2 Å². The second-order valence-electron chi connectivity index (χ2n) is 4.94. The number of carbonyl (C=O) groups is 2. The minimum atomic E-state index is -4.94. The molecule has 0 aromatic rings. The van der Waals surface area contributed by atoms with Crippen molar-refractivity contribution in [3.05, 3.63) is 0 Å². The molecule has 0 spiro atoms. The molecule has 2 N–H and O–H groups in total. The maximum absolute atomic E-state index is 12.0. The van der Waals surface area contributed by atoms with E-state index in [0.717, 1.165) is 0 Å². The summed E-state index contributed by atoms with van der Waals surface area (Å²) in [6, 6.07) is 0. The van der Waals surface area contributed by atoms with Crippen molar-refractivity contribution in [3.8, 4) is 0 Å². The zero-order valence-corrected chi connectivity index (χ0v) is 9.50. The minimum absolute atomic E-state index is 0.134. The summed E-state index contributed by atoms with van der Waals surface area (Å²) in [5.41, 5.74) is -1.97. The van der Waals surface area contributed by atoms with Crippen LogP contribution in [0.5, 0.6) is 0 Å². The molecule has 1 aliphatic carbocycles. The fourth-order valence-corrected chi connectivity index (χ4v) is 2.79. The van der Waals surface area contributed by atoms with E-state index >= 15 is 0 Å². The first-order chi connectivity index (χ1) is 8.11. The van der Waals surface area contributed by atoms with Crippen LogP contribution in [0.15, 0.2) is 0 Å². The van der Waals surface area contributed by atoms with Gasteiger partial charge < -0.3 is 15.2 Å². The summed E-state index contributed by atoms with van der Waals surface area (Å²) in [6.45, 7) is 1.26. The van der Waals surface area contributed by atoms with Gasteiger partial charge >= 0.3 is 18.1 Å². The van der Waals surface area contributed by atoms with Crippen LogP contribution >= 0.6 is 0 Å². The molecule has 5 nitrogen and oxygen atoms in total. The van der Waals surface area contributed by atoms with Crippen molar-refractivity contribution in [1.29, 1.82) is 0 Å². The molecule has 3 fully saturated rings. The summed E-state index contributed by atoms with van der Waals surface area (Å²) < 4.78 is 41.4. The Morgan fingerprint density at radius 3 is 2.39 bits per heavy atom. The van der Waals surface area contributed by atoms with Gasteiger partial charge in [-0.05, 0) is 19.8 Å². The first-order valence-corrected chi connectivity index (χ1v) is 5.38. The van der Waals surface area contributed by atoms with E-state index < -0.39 is 35.2 Å². The average Bonchev–Trinajstić information content (AvgIpc) is 2.60. The number of carbonyl (C=O) groups excluding carboxylic acids is 1. The van der Waals surface area contributed by atoms with Crippen molar-refractivity contribution in [2.24, 2.45) is 5.41 Å². The number of hydrogen-bond acceptors (Lipinski definition) is 3. The molecule has 2 bridgehead atoms. The van der Waals surface area contributed by atoms with Crippen LogP contribution in [0.25, 0.3) is 0 Å². The zero-order valence-electron chi connectivity index (χ0n) is 9.50. The number of amides is 1. The van der Waals surface area contributed by atoms with Crippen LogP contribution in [0.2, 0.25) is 0 Å². The average molecular weight is 267 g/mol. The Labute approximate surface area is 100 Å². The molecular weight excluding hydrogens is 255 g/mol. The lowest BCUT2D eigenvalue weighted by Crippen LogP contribution is -2.56. The van der Waals surface area contributed by atoms with Crippen LogP contribution in [-0.2, 0) is 14.3 Å². The highest BCUT2D eigenvalue weighted by molar-refractivity contribution is 5.82. The van der Waals surface area contributed by atoms with E-state index in [1.54, 1.807) is 12.2 Å². The second-order valence-corrected chi connectivity index (χ2v) is 4.94. The van der Waals surface area contributed by atoms with Gasteiger partial charge in [0.2, 0.25) is 0 Å². The summed E-state index contributed by atoms with van der Waals surface area (Å²) in [7, 11) is 0. The number of aliphatic carboxylic acids is 1. The Bertz CT molecular complexity index is 400. The van der Waals surface area contributed by atoms with Crippen molar-refractivity contribution < 1.29 is 32.6 Å². The third-order valence-electron chi connectivity index (χ3n) is 3.73. The maximum Gasteiger partial charge on any atom is 0.471 e. The molecule has 2 aliphatic heterocycles. The molecule has 2 saturated heterocycles. The molecule has 1 saturated carbocycles. The zero-order chi connectivity index (χ0) is 13.8.